The van der Waals surface area contributed by atoms with Crippen LogP contribution in [-0.4, -0.2) is 9.36 Å². The lowest BCUT2D eigenvalue weighted by molar-refractivity contribution is 1.17. The lowest BCUT2D eigenvalue weighted by Crippen LogP contribution is -2.23. The number of aromatic nitrogens is 2. The summed E-state index contributed by atoms with van der Waals surface area (Å²) >= 11 is 1.45. The maximum atomic E-state index is 5.02. The van der Waals surface area contributed by atoms with Crippen LogP contribution in [-0.2, 0) is 0 Å². The van der Waals surface area contributed by atoms with E-state index in [1.54, 1.807) is 0 Å². The molecule has 1 aliphatic carbocycles. The average Bonchev–Trinajstić information content (AvgIpc) is 3.76. The van der Waals surface area contributed by atoms with E-state index in [1.165, 1.54) is 44.6 Å². The van der Waals surface area contributed by atoms with Gasteiger partial charge in [0.2, 0.25) is 0 Å². The molecule has 2 heterocycles. The van der Waals surface area contributed by atoms with Gasteiger partial charge < -0.3 is 9.80 Å². The zero-order valence-electron chi connectivity index (χ0n) is 25.2. The van der Waals surface area contributed by atoms with Gasteiger partial charge in [-0.3, -0.25) is 0 Å². The Morgan fingerprint density at radius 1 is 0.426 bits per heavy atom. The summed E-state index contributed by atoms with van der Waals surface area (Å²) in [5.41, 5.74) is 14.0. The molecule has 1 aliphatic heterocycles. The number of hydrogen-bond donors (Lipinski definition) is 0. The zero-order valence-corrected chi connectivity index (χ0v) is 26.0. The van der Waals surface area contributed by atoms with Crippen LogP contribution in [0.25, 0.3) is 55.0 Å². The molecule has 0 fully saturated rings. The number of anilines is 6. The molecular weight excluding hydrogens is 593 g/mol. The third-order valence-corrected chi connectivity index (χ3v) is 10.1. The molecule has 0 saturated carbocycles. The van der Waals surface area contributed by atoms with Crippen molar-refractivity contribution in [3.8, 4) is 44.2 Å². The Morgan fingerprint density at radius 2 is 0.979 bits per heavy atom. The predicted molar refractivity (Wildman–Crippen MR) is 196 cm³/mol. The first-order valence-electron chi connectivity index (χ1n) is 15.8. The molecule has 10 rings (SSSR count). The van der Waals surface area contributed by atoms with Crippen LogP contribution >= 0.6 is 11.5 Å². The van der Waals surface area contributed by atoms with Gasteiger partial charge in [-0.15, -0.1) is 0 Å². The van der Waals surface area contributed by atoms with Crippen molar-refractivity contribution in [2.45, 2.75) is 0 Å². The van der Waals surface area contributed by atoms with E-state index < -0.39 is 0 Å². The van der Waals surface area contributed by atoms with Crippen molar-refractivity contribution in [2.75, 3.05) is 9.80 Å². The van der Waals surface area contributed by atoms with Gasteiger partial charge in [-0.1, -0.05) is 91.0 Å². The molecule has 47 heavy (non-hydrogen) atoms. The molecule has 0 N–H and O–H groups in total. The SMILES string of the molecule is c1ccc(N2c3ccccc3N(c3ccc(-c4nc(-c5ccc6c(c5)-c5cccc7cccc-6c57)ns4)cc3)c3ccccc32)cc1. The number of fused-ring (bicyclic) bond motifs is 5. The summed E-state index contributed by atoms with van der Waals surface area (Å²) in [7, 11) is 0. The summed E-state index contributed by atoms with van der Waals surface area (Å²) in [5.74, 6) is 0.764. The molecule has 0 bridgehead atoms. The van der Waals surface area contributed by atoms with E-state index in [-0.39, 0.29) is 0 Å². The fourth-order valence-electron chi connectivity index (χ4n) is 7.22. The molecule has 5 heteroatoms. The Morgan fingerprint density at radius 3 is 1.62 bits per heavy atom. The highest BCUT2D eigenvalue weighted by molar-refractivity contribution is 7.09. The van der Waals surface area contributed by atoms with Gasteiger partial charge in [0.1, 0.15) is 5.01 Å². The molecule has 0 unspecified atom stereocenters. The summed E-state index contributed by atoms with van der Waals surface area (Å²) in [5, 5.41) is 3.52. The molecule has 8 aromatic rings. The lowest BCUT2D eigenvalue weighted by atomic mass is 10.0. The minimum atomic E-state index is 0.764. The Hall–Kier alpha value is -6.04. The summed E-state index contributed by atoms with van der Waals surface area (Å²) in [6, 6.07) is 56.2. The summed E-state index contributed by atoms with van der Waals surface area (Å²) < 4.78 is 4.81. The van der Waals surface area contributed by atoms with Crippen LogP contribution < -0.4 is 9.80 Å². The summed E-state index contributed by atoms with van der Waals surface area (Å²) in [6.07, 6.45) is 0. The second kappa shape index (κ2) is 10.2. The van der Waals surface area contributed by atoms with Crippen molar-refractivity contribution in [3.63, 3.8) is 0 Å². The van der Waals surface area contributed by atoms with Crippen molar-refractivity contribution >= 4 is 56.4 Å². The molecule has 0 amide bonds. The Bertz CT molecular complexity index is 2430. The molecule has 0 radical (unpaired) electrons. The maximum absolute atomic E-state index is 5.02. The third kappa shape index (κ3) is 4.00. The monoisotopic (exact) mass is 618 g/mol. The Labute approximate surface area is 276 Å². The first kappa shape index (κ1) is 26.2. The normalized spacial score (nSPS) is 12.6. The first-order chi connectivity index (χ1) is 23.3. The fourth-order valence-corrected chi connectivity index (χ4v) is 7.91. The number of rotatable bonds is 4. The molecule has 1 aromatic heterocycles. The minimum Gasteiger partial charge on any atom is -0.306 e. The van der Waals surface area contributed by atoms with Crippen molar-refractivity contribution in [2.24, 2.45) is 0 Å². The first-order valence-corrected chi connectivity index (χ1v) is 16.5. The van der Waals surface area contributed by atoms with Gasteiger partial charge in [0.15, 0.2) is 5.82 Å². The molecular formula is C42H26N4S. The number of hydrogen-bond acceptors (Lipinski definition) is 5. The van der Waals surface area contributed by atoms with Gasteiger partial charge in [0.05, 0.1) is 22.7 Å². The van der Waals surface area contributed by atoms with E-state index in [0.29, 0.717) is 0 Å². The van der Waals surface area contributed by atoms with E-state index in [1.807, 2.05) is 0 Å². The van der Waals surface area contributed by atoms with Gasteiger partial charge in [0, 0.05) is 22.5 Å². The van der Waals surface area contributed by atoms with Crippen LogP contribution in [0.1, 0.15) is 0 Å². The number of nitrogens with zero attached hydrogens (tertiary/aromatic N) is 4. The molecule has 2 aliphatic rings. The van der Waals surface area contributed by atoms with E-state index in [9.17, 15) is 0 Å². The number of para-hydroxylation sites is 5. The standard InChI is InChI=1S/C42H26N4S/c1-2-12-30(13-3-1)45-36-16-4-6-18-38(36)46(39-19-7-5-17-37(39)45)31-23-20-28(21-24-31)42-43-41(44-47-42)29-22-25-32-33-14-8-10-27-11-9-15-34(40(27)33)35(32)26-29/h1-26H. The lowest BCUT2D eigenvalue weighted by Gasteiger charge is -2.40. The highest BCUT2D eigenvalue weighted by Gasteiger charge is 2.30. The number of benzene rings is 7. The summed E-state index contributed by atoms with van der Waals surface area (Å²) in [6.45, 7) is 0. The smallest absolute Gasteiger partial charge is 0.173 e. The van der Waals surface area contributed by atoms with Gasteiger partial charge in [0.25, 0.3) is 0 Å². The topological polar surface area (TPSA) is 32.3 Å². The van der Waals surface area contributed by atoms with E-state index in [0.717, 1.165) is 56.1 Å². The Balaban J connectivity index is 0.997. The Kier molecular flexibility index (Phi) is 5.71. The van der Waals surface area contributed by atoms with Crippen LogP contribution in [0, 0.1) is 0 Å². The predicted octanol–water partition coefficient (Wildman–Crippen LogP) is 11.9. The van der Waals surface area contributed by atoms with Gasteiger partial charge in [-0.05, 0) is 111 Å². The minimum absolute atomic E-state index is 0.764. The van der Waals surface area contributed by atoms with Gasteiger partial charge >= 0.3 is 0 Å². The van der Waals surface area contributed by atoms with Crippen LogP contribution in [0.5, 0.6) is 0 Å². The quantitative estimate of drug-likeness (QED) is 0.196. The van der Waals surface area contributed by atoms with Crippen molar-refractivity contribution in [3.05, 3.63) is 158 Å². The fraction of sp³-hybridized carbons (Fsp3) is 0. The molecule has 0 atom stereocenters. The zero-order chi connectivity index (χ0) is 30.9. The van der Waals surface area contributed by atoms with E-state index >= 15 is 0 Å². The van der Waals surface area contributed by atoms with Crippen LogP contribution in [0.3, 0.4) is 0 Å². The highest BCUT2D eigenvalue weighted by Crippen LogP contribution is 2.54. The van der Waals surface area contributed by atoms with Gasteiger partial charge in [-0.2, -0.15) is 4.37 Å². The van der Waals surface area contributed by atoms with Gasteiger partial charge in [-0.25, -0.2) is 4.98 Å². The van der Waals surface area contributed by atoms with E-state index in [2.05, 4.69) is 168 Å². The summed E-state index contributed by atoms with van der Waals surface area (Å²) in [4.78, 5) is 9.71. The maximum Gasteiger partial charge on any atom is 0.173 e. The average molecular weight is 619 g/mol. The third-order valence-electron chi connectivity index (χ3n) is 9.30. The second-order valence-electron chi connectivity index (χ2n) is 11.9. The largest absolute Gasteiger partial charge is 0.306 e. The van der Waals surface area contributed by atoms with Crippen molar-refractivity contribution < 1.29 is 0 Å². The van der Waals surface area contributed by atoms with Crippen molar-refractivity contribution in [1.29, 1.82) is 0 Å². The molecule has 7 aromatic carbocycles. The van der Waals surface area contributed by atoms with Crippen LogP contribution in [0.4, 0.5) is 34.1 Å². The molecule has 0 saturated heterocycles. The second-order valence-corrected chi connectivity index (χ2v) is 12.7. The molecule has 4 nitrogen and oxygen atoms in total. The van der Waals surface area contributed by atoms with Crippen molar-refractivity contribution in [1.82, 2.24) is 9.36 Å². The molecule has 220 valence electrons. The van der Waals surface area contributed by atoms with Crippen LogP contribution in [0.15, 0.2) is 158 Å². The highest BCUT2D eigenvalue weighted by atomic mass is 32.1. The molecule has 0 spiro atoms. The van der Waals surface area contributed by atoms with Crippen LogP contribution in [0.2, 0.25) is 0 Å². The van der Waals surface area contributed by atoms with E-state index in [4.69, 9.17) is 9.36 Å².